The Morgan fingerprint density at radius 2 is 2.00 bits per heavy atom. The molecule has 0 bridgehead atoms. The number of carbonyl (C=O) groups is 1. The molecule has 6 nitrogen and oxygen atoms in total. The average molecular weight is 379 g/mol. The summed E-state index contributed by atoms with van der Waals surface area (Å²) < 4.78 is 42.7. The lowest BCUT2D eigenvalue weighted by atomic mass is 10.3. The van der Waals surface area contributed by atoms with Crippen molar-refractivity contribution in [2.75, 3.05) is 6.54 Å². The Morgan fingerprint density at radius 1 is 1.22 bits per heavy atom. The van der Waals surface area contributed by atoms with Gasteiger partial charge in [0.2, 0.25) is 5.91 Å². The van der Waals surface area contributed by atoms with Crippen LogP contribution in [0.2, 0.25) is 0 Å². The molecule has 0 fully saturated rings. The van der Waals surface area contributed by atoms with Crippen molar-refractivity contribution in [3.63, 3.8) is 0 Å². The molecule has 3 aromatic heterocycles. The van der Waals surface area contributed by atoms with Crippen molar-refractivity contribution in [1.29, 1.82) is 0 Å². The summed E-state index contributed by atoms with van der Waals surface area (Å²) in [5, 5.41) is 7.41. The van der Waals surface area contributed by atoms with E-state index in [9.17, 15) is 18.0 Å². The summed E-state index contributed by atoms with van der Waals surface area (Å²) in [5.41, 5.74) is 1.30. The molecule has 144 valence electrons. The van der Waals surface area contributed by atoms with Gasteiger partial charge in [0.05, 0.1) is 12.2 Å². The highest BCUT2D eigenvalue weighted by Crippen LogP contribution is 2.33. The maximum Gasteiger partial charge on any atom is 0.431 e. The van der Waals surface area contributed by atoms with Crippen LogP contribution in [0, 0.1) is 13.8 Å². The third kappa shape index (κ3) is 4.29. The minimum Gasteiger partial charge on any atom is -0.354 e. The molecule has 3 heterocycles. The van der Waals surface area contributed by atoms with E-state index >= 15 is 0 Å². The lowest BCUT2D eigenvalue weighted by Gasteiger charge is -2.13. The number of hydrogen-bond donors (Lipinski definition) is 1. The molecule has 1 amide bonds. The van der Waals surface area contributed by atoms with Crippen LogP contribution < -0.4 is 5.32 Å². The van der Waals surface area contributed by atoms with Gasteiger partial charge in [-0.25, -0.2) is 4.98 Å². The van der Waals surface area contributed by atoms with Crippen molar-refractivity contribution in [2.45, 2.75) is 39.5 Å². The number of hydrogen-bond acceptors (Lipinski definition) is 3. The first-order valence-electron chi connectivity index (χ1n) is 8.55. The minimum absolute atomic E-state index is 0.0689. The molecule has 0 aliphatic heterocycles. The average Bonchev–Trinajstić information content (AvgIpc) is 3.12. The number of amides is 1. The number of aryl methyl sites for hydroxylation is 3. The van der Waals surface area contributed by atoms with Crippen molar-refractivity contribution >= 4 is 16.9 Å². The van der Waals surface area contributed by atoms with Crippen LogP contribution >= 0.6 is 0 Å². The van der Waals surface area contributed by atoms with E-state index in [4.69, 9.17) is 0 Å². The maximum atomic E-state index is 13.3. The van der Waals surface area contributed by atoms with Crippen molar-refractivity contribution in [2.24, 2.45) is 0 Å². The van der Waals surface area contributed by atoms with E-state index in [2.05, 4.69) is 15.4 Å². The number of nitrogens with zero attached hydrogens (tertiary/aromatic N) is 4. The van der Waals surface area contributed by atoms with Gasteiger partial charge < -0.3 is 9.88 Å². The van der Waals surface area contributed by atoms with E-state index in [0.717, 1.165) is 22.0 Å². The fourth-order valence-corrected chi connectivity index (χ4v) is 3.05. The molecule has 1 N–H and O–H groups in total. The van der Waals surface area contributed by atoms with Crippen molar-refractivity contribution < 1.29 is 18.0 Å². The number of alkyl halides is 3. The Bertz CT molecular complexity index is 958. The summed E-state index contributed by atoms with van der Waals surface area (Å²) in [7, 11) is 0. The summed E-state index contributed by atoms with van der Waals surface area (Å²) in [5.74, 6) is -0.317. The molecule has 0 spiro atoms. The zero-order valence-corrected chi connectivity index (χ0v) is 15.0. The lowest BCUT2D eigenvalue weighted by molar-refractivity contribution is -0.143. The molecule has 0 aromatic carbocycles. The third-order valence-corrected chi connectivity index (χ3v) is 4.26. The molecule has 0 aliphatic carbocycles. The predicted molar refractivity (Wildman–Crippen MR) is 94.1 cm³/mol. The van der Waals surface area contributed by atoms with Crippen LogP contribution in [0.15, 0.2) is 30.5 Å². The molecule has 0 saturated heterocycles. The van der Waals surface area contributed by atoms with Crippen molar-refractivity contribution in [3.8, 4) is 0 Å². The van der Waals surface area contributed by atoms with Gasteiger partial charge in [0, 0.05) is 36.8 Å². The van der Waals surface area contributed by atoms with Crippen molar-refractivity contribution in [3.05, 3.63) is 47.5 Å². The topological polar surface area (TPSA) is 64.7 Å². The zero-order chi connectivity index (χ0) is 19.6. The molecule has 3 aromatic rings. The second-order valence-electron chi connectivity index (χ2n) is 6.35. The Morgan fingerprint density at radius 3 is 2.67 bits per heavy atom. The minimum atomic E-state index is -4.51. The van der Waals surface area contributed by atoms with Gasteiger partial charge in [0.25, 0.3) is 0 Å². The predicted octanol–water partition coefficient (Wildman–Crippen LogP) is 3.07. The van der Waals surface area contributed by atoms with Gasteiger partial charge in [0.1, 0.15) is 11.3 Å². The highest BCUT2D eigenvalue weighted by atomic mass is 19.4. The van der Waals surface area contributed by atoms with Crippen LogP contribution in [-0.2, 0) is 24.1 Å². The zero-order valence-electron chi connectivity index (χ0n) is 15.0. The number of carbonyl (C=O) groups excluding carboxylic acids is 1. The Kier molecular flexibility index (Phi) is 5.20. The number of nitrogens with one attached hydrogen (secondary N) is 1. The second kappa shape index (κ2) is 7.42. The van der Waals surface area contributed by atoms with E-state index in [1.165, 1.54) is 6.20 Å². The van der Waals surface area contributed by atoms with Gasteiger partial charge in [-0.2, -0.15) is 18.3 Å². The molecule has 9 heteroatoms. The van der Waals surface area contributed by atoms with Gasteiger partial charge >= 0.3 is 6.18 Å². The number of fused-ring (bicyclic) bond motifs is 1. The molecular weight excluding hydrogens is 359 g/mol. The molecule has 0 saturated carbocycles. The first kappa shape index (κ1) is 18.9. The molecule has 0 aliphatic rings. The highest BCUT2D eigenvalue weighted by Gasteiger charge is 2.35. The molecule has 27 heavy (non-hydrogen) atoms. The second-order valence-corrected chi connectivity index (χ2v) is 6.35. The van der Waals surface area contributed by atoms with Crippen LogP contribution in [-0.4, -0.2) is 31.8 Å². The molecule has 0 atom stereocenters. The van der Waals surface area contributed by atoms with Crippen LogP contribution in [0.4, 0.5) is 13.2 Å². The van der Waals surface area contributed by atoms with Gasteiger partial charge in [0.15, 0.2) is 0 Å². The summed E-state index contributed by atoms with van der Waals surface area (Å²) in [4.78, 5) is 16.1. The Hall–Kier alpha value is -2.84. The maximum absolute atomic E-state index is 13.3. The normalized spacial score (nSPS) is 11.9. The smallest absolute Gasteiger partial charge is 0.354 e. The molecule has 3 rings (SSSR count). The quantitative estimate of drug-likeness (QED) is 0.716. The molecule has 0 radical (unpaired) electrons. The summed E-state index contributed by atoms with van der Waals surface area (Å²) in [6.45, 7) is 4.58. The lowest BCUT2D eigenvalue weighted by Crippen LogP contribution is -2.29. The monoisotopic (exact) mass is 379 g/mol. The summed E-state index contributed by atoms with van der Waals surface area (Å²) >= 11 is 0. The number of rotatable bonds is 6. The Labute approximate surface area is 154 Å². The summed E-state index contributed by atoms with van der Waals surface area (Å²) in [6.07, 6.45) is -3.14. The van der Waals surface area contributed by atoms with E-state index in [-0.39, 0.29) is 24.5 Å². The summed E-state index contributed by atoms with van der Waals surface area (Å²) in [6, 6.07) is 6.15. The van der Waals surface area contributed by atoms with Gasteiger partial charge in [-0.05, 0) is 38.1 Å². The number of aromatic nitrogens is 4. The number of halogens is 3. The fraction of sp³-hybridized carbons (Fsp3) is 0.389. The van der Waals surface area contributed by atoms with Gasteiger partial charge in [-0.15, -0.1) is 0 Å². The largest absolute Gasteiger partial charge is 0.431 e. The SMILES string of the molecule is Cc1cc(C)n(CCNC(=O)CCn2c(C(F)(F)F)cc3cccnc32)n1. The first-order chi connectivity index (χ1) is 12.8. The van der Waals surface area contributed by atoms with Crippen LogP contribution in [0.5, 0.6) is 0 Å². The third-order valence-electron chi connectivity index (χ3n) is 4.26. The van der Waals surface area contributed by atoms with E-state index < -0.39 is 11.9 Å². The van der Waals surface area contributed by atoms with Gasteiger partial charge in [-0.3, -0.25) is 9.48 Å². The van der Waals surface area contributed by atoms with Crippen LogP contribution in [0.1, 0.15) is 23.5 Å². The first-order valence-corrected chi connectivity index (χ1v) is 8.55. The fourth-order valence-electron chi connectivity index (χ4n) is 3.05. The standard InChI is InChI=1S/C18H20F3N5O/c1-12-10-13(2)26(24-12)9-7-22-16(27)5-8-25-15(18(19,20)21)11-14-4-3-6-23-17(14)25/h3-4,6,10-11H,5,7-9H2,1-2H3,(H,22,27). The van der Waals surface area contributed by atoms with E-state index in [1.54, 1.807) is 16.8 Å². The van der Waals surface area contributed by atoms with Gasteiger partial charge in [-0.1, -0.05) is 0 Å². The van der Waals surface area contributed by atoms with Crippen molar-refractivity contribution in [1.82, 2.24) is 24.6 Å². The van der Waals surface area contributed by atoms with Crippen LogP contribution in [0.3, 0.4) is 0 Å². The molecule has 0 unspecified atom stereocenters. The Balaban J connectivity index is 1.62. The highest BCUT2D eigenvalue weighted by molar-refractivity contribution is 5.79. The van der Waals surface area contributed by atoms with Crippen LogP contribution in [0.25, 0.3) is 11.0 Å². The molecular formula is C18H20F3N5O. The number of pyridine rings is 1. The van der Waals surface area contributed by atoms with E-state index in [0.29, 0.717) is 18.5 Å². The van der Waals surface area contributed by atoms with E-state index in [1.807, 2.05) is 19.9 Å².